The zero-order chi connectivity index (χ0) is 25.4. The van der Waals surface area contributed by atoms with Crippen LogP contribution in [0.4, 0.5) is 10.1 Å². The van der Waals surface area contributed by atoms with Gasteiger partial charge in [0.25, 0.3) is 5.91 Å². The lowest BCUT2D eigenvalue weighted by Crippen LogP contribution is -2.20. The van der Waals surface area contributed by atoms with Crippen molar-refractivity contribution < 1.29 is 28.2 Å². The number of nitrogens with zero attached hydrogens (tertiary/aromatic N) is 2. The second-order valence-corrected chi connectivity index (χ2v) is 7.49. The first-order valence-electron chi connectivity index (χ1n) is 11.2. The minimum Gasteiger partial charge on any atom is -0.490 e. The van der Waals surface area contributed by atoms with Crippen molar-refractivity contribution in [2.45, 2.75) is 27.7 Å². The van der Waals surface area contributed by atoms with Crippen molar-refractivity contribution in [2.24, 2.45) is 0 Å². The van der Waals surface area contributed by atoms with Gasteiger partial charge >= 0.3 is 5.97 Å². The topological polar surface area (TPSA) is 91.7 Å². The summed E-state index contributed by atoms with van der Waals surface area (Å²) in [6.07, 6.45) is 2.82. The minimum atomic E-state index is -0.671. The molecule has 0 aliphatic carbocycles. The third kappa shape index (κ3) is 6.69. The van der Waals surface area contributed by atoms with Gasteiger partial charge in [0.1, 0.15) is 5.82 Å². The van der Waals surface area contributed by atoms with E-state index >= 15 is 0 Å². The molecule has 1 aromatic heterocycles. The molecule has 3 aromatic rings. The van der Waals surface area contributed by atoms with E-state index in [1.165, 1.54) is 18.2 Å². The first-order valence-corrected chi connectivity index (χ1v) is 11.2. The Labute approximate surface area is 203 Å². The van der Waals surface area contributed by atoms with E-state index in [9.17, 15) is 14.0 Å². The maximum Gasteiger partial charge on any atom is 0.331 e. The molecule has 0 saturated carbocycles. The van der Waals surface area contributed by atoms with Gasteiger partial charge in [-0.1, -0.05) is 0 Å². The van der Waals surface area contributed by atoms with E-state index in [0.717, 1.165) is 11.3 Å². The summed E-state index contributed by atoms with van der Waals surface area (Å²) in [6.45, 7) is 7.85. The summed E-state index contributed by atoms with van der Waals surface area (Å²) in [5.74, 6) is -0.402. The molecule has 184 valence electrons. The number of benzene rings is 2. The van der Waals surface area contributed by atoms with Crippen molar-refractivity contribution >= 4 is 23.6 Å². The fraction of sp³-hybridized carbons (Fsp3) is 0.269. The lowest BCUT2D eigenvalue weighted by molar-refractivity contribution is -0.142. The predicted octanol–water partition coefficient (Wildman–Crippen LogP) is 4.62. The van der Waals surface area contributed by atoms with Gasteiger partial charge in [-0.3, -0.25) is 4.79 Å². The van der Waals surface area contributed by atoms with Crippen molar-refractivity contribution in [3.8, 4) is 17.2 Å². The van der Waals surface area contributed by atoms with Gasteiger partial charge in [-0.15, -0.1) is 0 Å². The molecule has 2 aromatic carbocycles. The van der Waals surface area contributed by atoms with Crippen LogP contribution in [-0.4, -0.2) is 41.5 Å². The van der Waals surface area contributed by atoms with Gasteiger partial charge in [0.05, 0.1) is 24.6 Å². The van der Waals surface area contributed by atoms with Gasteiger partial charge in [-0.2, -0.15) is 5.10 Å². The second-order valence-electron chi connectivity index (χ2n) is 7.49. The molecule has 8 nitrogen and oxygen atoms in total. The molecule has 0 spiro atoms. The maximum absolute atomic E-state index is 13.2. The fourth-order valence-electron chi connectivity index (χ4n) is 3.39. The van der Waals surface area contributed by atoms with E-state index in [0.29, 0.717) is 41.8 Å². The average molecular weight is 482 g/mol. The number of carbonyl (C=O) groups is 2. The molecule has 0 radical (unpaired) electrons. The predicted molar refractivity (Wildman–Crippen MR) is 130 cm³/mol. The number of halogens is 1. The second kappa shape index (κ2) is 11.8. The highest BCUT2D eigenvalue weighted by Gasteiger charge is 2.13. The first-order chi connectivity index (χ1) is 16.8. The van der Waals surface area contributed by atoms with Gasteiger partial charge in [-0.05, 0) is 70.2 Å². The zero-order valence-corrected chi connectivity index (χ0v) is 20.1. The summed E-state index contributed by atoms with van der Waals surface area (Å²) < 4.78 is 31.0. The van der Waals surface area contributed by atoms with Crippen molar-refractivity contribution in [1.82, 2.24) is 9.78 Å². The van der Waals surface area contributed by atoms with E-state index in [1.54, 1.807) is 48.0 Å². The summed E-state index contributed by atoms with van der Waals surface area (Å²) in [6, 6.07) is 11.0. The van der Waals surface area contributed by atoms with Crippen LogP contribution in [0.5, 0.6) is 11.5 Å². The van der Waals surface area contributed by atoms with Crippen LogP contribution in [0.15, 0.2) is 48.5 Å². The van der Waals surface area contributed by atoms with E-state index in [2.05, 4.69) is 10.4 Å². The van der Waals surface area contributed by atoms with Crippen LogP contribution in [0.2, 0.25) is 0 Å². The SMILES string of the molecule is CCOc1ccc(NC(=O)COC(=O)/C=C/c2c(C)nn(-c3ccc(F)cc3)c2C)cc1OCC. The van der Waals surface area contributed by atoms with Crippen LogP contribution >= 0.6 is 0 Å². The number of anilines is 1. The standard InChI is InChI=1S/C26H28FN3O5/c1-5-33-23-13-9-20(15-24(23)34-6-2)28-25(31)16-35-26(32)14-12-22-17(3)29-30(18(22)4)21-10-7-19(27)8-11-21/h7-15H,5-6,16H2,1-4H3,(H,28,31)/b14-12+. The molecule has 35 heavy (non-hydrogen) atoms. The van der Waals surface area contributed by atoms with Gasteiger partial charge < -0.3 is 19.5 Å². The Hall–Kier alpha value is -4.14. The van der Waals surface area contributed by atoms with Gasteiger partial charge in [-0.25, -0.2) is 13.9 Å². The number of nitrogens with one attached hydrogen (secondary N) is 1. The summed E-state index contributed by atoms with van der Waals surface area (Å²) >= 11 is 0. The summed E-state index contributed by atoms with van der Waals surface area (Å²) in [5.41, 5.74) is 3.39. The normalized spacial score (nSPS) is 10.9. The van der Waals surface area contributed by atoms with Gasteiger partial charge in [0, 0.05) is 29.1 Å². The molecule has 0 saturated heterocycles. The number of ether oxygens (including phenoxy) is 3. The largest absolute Gasteiger partial charge is 0.490 e. The number of aryl methyl sites for hydroxylation is 1. The molecule has 0 aliphatic rings. The van der Waals surface area contributed by atoms with Crippen LogP contribution in [-0.2, 0) is 14.3 Å². The number of esters is 1. The smallest absolute Gasteiger partial charge is 0.331 e. The Morgan fingerprint density at radius 2 is 1.71 bits per heavy atom. The minimum absolute atomic E-state index is 0.334. The Bertz CT molecular complexity index is 1220. The molecular weight excluding hydrogens is 453 g/mol. The highest BCUT2D eigenvalue weighted by Crippen LogP contribution is 2.30. The van der Waals surface area contributed by atoms with Crippen molar-refractivity contribution in [1.29, 1.82) is 0 Å². The lowest BCUT2D eigenvalue weighted by atomic mass is 10.2. The molecule has 1 amide bonds. The average Bonchev–Trinajstić information content (AvgIpc) is 3.12. The van der Waals surface area contributed by atoms with Crippen molar-refractivity contribution in [3.63, 3.8) is 0 Å². The first kappa shape index (κ1) is 25.5. The van der Waals surface area contributed by atoms with E-state index in [-0.39, 0.29) is 5.82 Å². The van der Waals surface area contributed by atoms with Crippen LogP contribution in [0.25, 0.3) is 11.8 Å². The molecular formula is C26H28FN3O5. The fourth-order valence-corrected chi connectivity index (χ4v) is 3.39. The molecule has 0 aliphatic heterocycles. The molecule has 0 bridgehead atoms. The highest BCUT2D eigenvalue weighted by molar-refractivity contribution is 5.95. The van der Waals surface area contributed by atoms with Crippen molar-refractivity contribution in [2.75, 3.05) is 25.1 Å². The third-order valence-electron chi connectivity index (χ3n) is 4.98. The number of aromatic nitrogens is 2. The maximum atomic E-state index is 13.2. The van der Waals surface area contributed by atoms with Crippen LogP contribution in [0.1, 0.15) is 30.8 Å². The van der Waals surface area contributed by atoms with E-state index in [4.69, 9.17) is 14.2 Å². The van der Waals surface area contributed by atoms with Gasteiger partial charge in [0.15, 0.2) is 18.1 Å². The molecule has 3 rings (SSSR count). The number of rotatable bonds is 10. The molecule has 1 heterocycles. The van der Waals surface area contributed by atoms with Crippen LogP contribution < -0.4 is 14.8 Å². The molecule has 0 unspecified atom stereocenters. The summed E-state index contributed by atoms with van der Waals surface area (Å²) in [5, 5.41) is 7.12. The number of amides is 1. The van der Waals surface area contributed by atoms with Crippen LogP contribution in [0.3, 0.4) is 0 Å². The lowest BCUT2D eigenvalue weighted by Gasteiger charge is -2.13. The molecule has 0 atom stereocenters. The van der Waals surface area contributed by atoms with E-state index in [1.807, 2.05) is 20.8 Å². The molecule has 9 heteroatoms. The van der Waals surface area contributed by atoms with Gasteiger partial charge in [0.2, 0.25) is 0 Å². The Balaban J connectivity index is 1.58. The van der Waals surface area contributed by atoms with Crippen molar-refractivity contribution in [3.05, 3.63) is 71.3 Å². The monoisotopic (exact) mass is 481 g/mol. The molecule has 0 fully saturated rings. The third-order valence-corrected chi connectivity index (χ3v) is 4.98. The zero-order valence-electron chi connectivity index (χ0n) is 20.1. The Morgan fingerprint density at radius 1 is 1.03 bits per heavy atom. The quantitative estimate of drug-likeness (QED) is 0.336. The summed E-state index contributed by atoms with van der Waals surface area (Å²) in [7, 11) is 0. The van der Waals surface area contributed by atoms with Crippen LogP contribution in [0, 0.1) is 19.7 Å². The molecule has 1 N–H and O–H groups in total. The summed E-state index contributed by atoms with van der Waals surface area (Å²) in [4.78, 5) is 24.4. The Morgan fingerprint density at radius 3 is 2.40 bits per heavy atom. The number of hydrogen-bond donors (Lipinski definition) is 1. The number of hydrogen-bond acceptors (Lipinski definition) is 6. The highest BCUT2D eigenvalue weighted by atomic mass is 19.1. The number of carbonyl (C=O) groups excluding carboxylic acids is 2. The Kier molecular flexibility index (Phi) is 8.61. The van der Waals surface area contributed by atoms with E-state index < -0.39 is 18.5 Å².